The minimum Gasteiger partial charge on any atom is -0.461 e. The summed E-state index contributed by atoms with van der Waals surface area (Å²) in [6, 6.07) is 19.0. The number of ether oxygens (including phenoxy) is 1. The van der Waals surface area contributed by atoms with Crippen molar-refractivity contribution in [1.29, 1.82) is 0 Å². The summed E-state index contributed by atoms with van der Waals surface area (Å²) in [4.78, 5) is 12.4. The lowest BCUT2D eigenvalue weighted by Gasteiger charge is -2.45. The molecule has 1 saturated heterocycles. The zero-order chi connectivity index (χ0) is 19.9. The lowest BCUT2D eigenvalue weighted by Crippen LogP contribution is -2.58. The summed E-state index contributed by atoms with van der Waals surface area (Å²) in [5.41, 5.74) is 9.32. The Hall–Kier alpha value is -2.39. The molecule has 0 unspecified atom stereocenters. The van der Waals surface area contributed by atoms with Crippen LogP contribution < -0.4 is 5.73 Å². The van der Waals surface area contributed by atoms with Gasteiger partial charge in [-0.1, -0.05) is 80.6 Å². The monoisotopic (exact) mass is 375 g/mol. The van der Waals surface area contributed by atoms with Crippen molar-refractivity contribution in [2.24, 2.45) is 29.4 Å². The van der Waals surface area contributed by atoms with E-state index in [2.05, 4.69) is 74.5 Å². The second-order valence-electron chi connectivity index (χ2n) is 8.64. The van der Waals surface area contributed by atoms with Gasteiger partial charge in [0.15, 0.2) is 0 Å². The first-order chi connectivity index (χ1) is 13.4. The summed E-state index contributed by atoms with van der Waals surface area (Å²) in [5.74, 6) is 0.872. The molecule has 6 atom stereocenters. The zero-order valence-electron chi connectivity index (χ0n) is 16.8. The second-order valence-corrected chi connectivity index (χ2v) is 8.64. The molecule has 0 aromatic heterocycles. The molecule has 1 heterocycles. The van der Waals surface area contributed by atoms with Crippen molar-refractivity contribution in [3.05, 3.63) is 66.2 Å². The van der Waals surface area contributed by atoms with E-state index < -0.39 is 5.54 Å². The van der Waals surface area contributed by atoms with Crippen molar-refractivity contribution in [2.45, 2.75) is 38.8 Å². The Labute approximate surface area is 167 Å². The van der Waals surface area contributed by atoms with Crippen molar-refractivity contribution in [3.63, 3.8) is 0 Å². The number of hydrogen-bond donors (Lipinski definition) is 1. The average molecular weight is 376 g/mol. The van der Waals surface area contributed by atoms with Gasteiger partial charge in [0.1, 0.15) is 11.6 Å². The molecule has 4 rings (SSSR count). The number of fused-ring (bicyclic) bond motifs is 1. The van der Waals surface area contributed by atoms with Crippen LogP contribution in [0.1, 0.15) is 32.8 Å². The molecular formula is C25H29NO2. The van der Waals surface area contributed by atoms with Crippen molar-refractivity contribution in [1.82, 2.24) is 0 Å². The molecule has 1 aliphatic heterocycles. The van der Waals surface area contributed by atoms with Crippen LogP contribution in [0.4, 0.5) is 0 Å². The van der Waals surface area contributed by atoms with E-state index in [1.165, 1.54) is 11.1 Å². The molecule has 146 valence electrons. The van der Waals surface area contributed by atoms with Crippen LogP contribution in [0.15, 0.2) is 60.7 Å². The number of cyclic esters (lactones) is 1. The number of nitrogens with two attached hydrogens (primary N) is 1. The van der Waals surface area contributed by atoms with Gasteiger partial charge in [0.05, 0.1) is 0 Å². The minimum atomic E-state index is -0.850. The van der Waals surface area contributed by atoms with Crippen LogP contribution in [0.25, 0.3) is 17.2 Å². The number of benzene rings is 2. The summed E-state index contributed by atoms with van der Waals surface area (Å²) >= 11 is 0. The molecule has 0 radical (unpaired) electrons. The molecule has 3 nitrogen and oxygen atoms in total. The number of rotatable bonds is 3. The van der Waals surface area contributed by atoms with Gasteiger partial charge in [-0.05, 0) is 47.8 Å². The summed E-state index contributed by atoms with van der Waals surface area (Å²) in [6.07, 6.45) is 4.99. The SMILES string of the molecule is C[C@H]1[C@H](/C=C/c2ccc(-c3ccccc3)cc2)[C@@H]2[C@@H](C)OC(=O)[C@]2(N)C[C@@H]1C. The van der Waals surface area contributed by atoms with Crippen LogP contribution >= 0.6 is 0 Å². The first kappa shape index (κ1) is 18.9. The molecule has 2 aliphatic rings. The van der Waals surface area contributed by atoms with Crippen molar-refractivity contribution < 1.29 is 9.53 Å². The molecule has 0 spiro atoms. The maximum absolute atomic E-state index is 12.4. The van der Waals surface area contributed by atoms with Crippen LogP contribution in [0.5, 0.6) is 0 Å². The third kappa shape index (κ3) is 3.18. The number of esters is 1. The van der Waals surface area contributed by atoms with Gasteiger partial charge in [0, 0.05) is 5.92 Å². The predicted octanol–water partition coefficient (Wildman–Crippen LogP) is 4.92. The summed E-state index contributed by atoms with van der Waals surface area (Å²) in [7, 11) is 0. The molecule has 2 fully saturated rings. The normalized spacial score (nSPS) is 35.0. The van der Waals surface area contributed by atoms with Crippen LogP contribution in [0, 0.1) is 23.7 Å². The van der Waals surface area contributed by atoms with Gasteiger partial charge in [0.25, 0.3) is 0 Å². The second kappa shape index (κ2) is 7.21. The maximum atomic E-state index is 12.4. The molecule has 1 saturated carbocycles. The fourth-order valence-corrected chi connectivity index (χ4v) is 5.14. The van der Waals surface area contributed by atoms with Crippen molar-refractivity contribution in [3.8, 4) is 11.1 Å². The summed E-state index contributed by atoms with van der Waals surface area (Å²) in [5, 5.41) is 0. The highest BCUT2D eigenvalue weighted by atomic mass is 16.6. The standard InChI is InChI=1S/C25H29NO2/c1-16-15-25(26)23(18(3)28-24(25)27)22(17(16)2)14-11-19-9-12-21(13-10-19)20-7-5-4-6-8-20/h4-14,16-18,22-23H,15,26H2,1-3H3/b14-11+/t16-,17+,18+,22-,23-,25-/m0/s1. The maximum Gasteiger partial charge on any atom is 0.326 e. The van der Waals surface area contributed by atoms with Gasteiger partial charge in [-0.15, -0.1) is 0 Å². The highest BCUT2D eigenvalue weighted by Crippen LogP contribution is 2.50. The fraction of sp³-hybridized carbons (Fsp3) is 0.400. The summed E-state index contributed by atoms with van der Waals surface area (Å²) < 4.78 is 5.56. The van der Waals surface area contributed by atoms with Gasteiger partial charge >= 0.3 is 5.97 Å². The number of carbonyl (C=O) groups is 1. The summed E-state index contributed by atoms with van der Waals surface area (Å²) in [6.45, 7) is 6.45. The Morgan fingerprint density at radius 3 is 2.32 bits per heavy atom. The molecule has 3 heteroatoms. The van der Waals surface area contributed by atoms with E-state index in [1.54, 1.807) is 0 Å². The van der Waals surface area contributed by atoms with Crippen LogP contribution in [0.2, 0.25) is 0 Å². The molecule has 28 heavy (non-hydrogen) atoms. The van der Waals surface area contributed by atoms with Gasteiger partial charge in [-0.3, -0.25) is 4.79 Å². The van der Waals surface area contributed by atoms with Crippen LogP contribution in [0.3, 0.4) is 0 Å². The molecule has 1 aliphatic carbocycles. The average Bonchev–Trinajstić information content (AvgIpc) is 2.92. The van der Waals surface area contributed by atoms with Crippen molar-refractivity contribution in [2.75, 3.05) is 0 Å². The van der Waals surface area contributed by atoms with Gasteiger partial charge < -0.3 is 10.5 Å². The Morgan fingerprint density at radius 1 is 1.00 bits per heavy atom. The predicted molar refractivity (Wildman–Crippen MR) is 113 cm³/mol. The van der Waals surface area contributed by atoms with E-state index in [0.29, 0.717) is 18.3 Å². The third-order valence-corrected chi connectivity index (χ3v) is 6.88. The highest BCUT2D eigenvalue weighted by molar-refractivity contribution is 5.84. The quantitative estimate of drug-likeness (QED) is 0.775. The molecule has 0 bridgehead atoms. The number of hydrogen-bond acceptors (Lipinski definition) is 3. The lowest BCUT2D eigenvalue weighted by molar-refractivity contribution is -0.145. The van der Waals surface area contributed by atoms with E-state index in [4.69, 9.17) is 10.5 Å². The smallest absolute Gasteiger partial charge is 0.326 e. The fourth-order valence-electron chi connectivity index (χ4n) is 5.14. The minimum absolute atomic E-state index is 0.0334. The molecule has 0 amide bonds. The number of allylic oxidation sites excluding steroid dienone is 1. The molecule has 2 aromatic carbocycles. The Balaban J connectivity index is 1.58. The van der Waals surface area contributed by atoms with Gasteiger partial charge in [-0.25, -0.2) is 0 Å². The zero-order valence-corrected chi connectivity index (χ0v) is 16.8. The first-order valence-electron chi connectivity index (χ1n) is 10.2. The van der Waals surface area contributed by atoms with Gasteiger partial charge in [-0.2, -0.15) is 0 Å². The van der Waals surface area contributed by atoms with Crippen LogP contribution in [-0.2, 0) is 9.53 Å². The Kier molecular flexibility index (Phi) is 4.88. The largest absolute Gasteiger partial charge is 0.461 e. The van der Waals surface area contributed by atoms with Crippen molar-refractivity contribution >= 4 is 12.0 Å². The van der Waals surface area contributed by atoms with Crippen LogP contribution in [-0.4, -0.2) is 17.6 Å². The van der Waals surface area contributed by atoms with E-state index in [-0.39, 0.29) is 23.9 Å². The topological polar surface area (TPSA) is 52.3 Å². The van der Waals surface area contributed by atoms with E-state index >= 15 is 0 Å². The highest BCUT2D eigenvalue weighted by Gasteiger charge is 2.60. The van der Waals surface area contributed by atoms with E-state index in [0.717, 1.165) is 5.56 Å². The first-order valence-corrected chi connectivity index (χ1v) is 10.2. The third-order valence-electron chi connectivity index (χ3n) is 6.88. The lowest BCUT2D eigenvalue weighted by atomic mass is 9.59. The molecule has 2 N–H and O–H groups in total. The Morgan fingerprint density at radius 2 is 1.64 bits per heavy atom. The van der Waals surface area contributed by atoms with E-state index in [9.17, 15) is 4.79 Å². The Bertz CT molecular complexity index is 873. The molecular weight excluding hydrogens is 346 g/mol. The molecule has 2 aromatic rings. The van der Waals surface area contributed by atoms with Gasteiger partial charge in [0.2, 0.25) is 0 Å². The number of carbonyl (C=O) groups excluding carboxylic acids is 1. The van der Waals surface area contributed by atoms with E-state index in [1.807, 2.05) is 13.0 Å².